The van der Waals surface area contributed by atoms with Gasteiger partial charge in [-0.15, -0.1) is 0 Å². The third-order valence-electron chi connectivity index (χ3n) is 8.75. The predicted molar refractivity (Wildman–Crippen MR) is 103 cm³/mol. The van der Waals surface area contributed by atoms with Gasteiger partial charge in [0.2, 0.25) is 0 Å². The standard InChI is InChI=1S/C20H30O3.C2H6O2/c1-13-11-19-9-5-14-17(2,7-4-8-18(14,3)16(21)22)15(19)6-10-20(13,23)12-19;3-1-2-4/h14-15,23H,1,4-12H2,2-3H3,(H,21,22);3-4H,1-2H2/t14-,15-,17+,18+,19+,20-;/m0./s1. The Morgan fingerprint density at radius 2 is 1.70 bits per heavy atom. The Morgan fingerprint density at radius 1 is 1.07 bits per heavy atom. The molecule has 4 N–H and O–H groups in total. The highest BCUT2D eigenvalue weighted by molar-refractivity contribution is 5.75. The summed E-state index contributed by atoms with van der Waals surface area (Å²) in [4.78, 5) is 12.0. The van der Waals surface area contributed by atoms with Gasteiger partial charge in [-0.05, 0) is 86.5 Å². The van der Waals surface area contributed by atoms with Crippen molar-refractivity contribution in [2.75, 3.05) is 13.2 Å². The third-order valence-corrected chi connectivity index (χ3v) is 8.75. The van der Waals surface area contributed by atoms with E-state index in [1.807, 2.05) is 6.92 Å². The van der Waals surface area contributed by atoms with Gasteiger partial charge in [0.05, 0.1) is 24.2 Å². The molecule has 0 aromatic rings. The minimum Gasteiger partial charge on any atom is -0.481 e. The molecule has 5 nitrogen and oxygen atoms in total. The van der Waals surface area contributed by atoms with E-state index < -0.39 is 17.0 Å². The Bertz CT molecular complexity index is 616. The van der Waals surface area contributed by atoms with Crippen molar-refractivity contribution in [2.24, 2.45) is 28.1 Å². The van der Waals surface area contributed by atoms with E-state index in [1.165, 1.54) is 0 Å². The van der Waals surface area contributed by atoms with Gasteiger partial charge in [0.1, 0.15) is 0 Å². The second-order valence-corrected chi connectivity index (χ2v) is 10.1. The molecule has 154 valence electrons. The largest absolute Gasteiger partial charge is 0.481 e. The van der Waals surface area contributed by atoms with Crippen LogP contribution < -0.4 is 0 Å². The highest BCUT2D eigenvalue weighted by Gasteiger charge is 2.67. The fraction of sp³-hybridized carbons (Fsp3) is 0.864. The van der Waals surface area contributed by atoms with Crippen molar-refractivity contribution in [3.8, 4) is 0 Å². The molecular formula is C22H36O5. The Morgan fingerprint density at radius 3 is 2.30 bits per heavy atom. The van der Waals surface area contributed by atoms with Gasteiger partial charge in [0.25, 0.3) is 0 Å². The molecule has 0 aromatic carbocycles. The average Bonchev–Trinajstić information content (AvgIpc) is 2.79. The first-order valence-electron chi connectivity index (χ1n) is 10.4. The maximum absolute atomic E-state index is 12.0. The summed E-state index contributed by atoms with van der Waals surface area (Å²) in [6, 6.07) is 0. The van der Waals surface area contributed by atoms with Crippen LogP contribution in [0.15, 0.2) is 12.2 Å². The predicted octanol–water partition coefficient (Wildman–Crippen LogP) is 3.13. The zero-order valence-electron chi connectivity index (χ0n) is 16.8. The summed E-state index contributed by atoms with van der Waals surface area (Å²) in [7, 11) is 0. The van der Waals surface area contributed by atoms with Crippen LogP contribution in [0.25, 0.3) is 0 Å². The molecule has 4 aliphatic carbocycles. The molecule has 4 rings (SSSR count). The SMILES string of the molecule is C=C1C[C@@]23CC[C@H]4[C@@](C)(CCC[C@@]4(C)C(=O)O)[C@@H]2CC[C@]1(O)C3.OCCO. The van der Waals surface area contributed by atoms with E-state index in [0.717, 1.165) is 63.4 Å². The average molecular weight is 381 g/mol. The molecular weight excluding hydrogens is 344 g/mol. The number of carboxylic acids is 1. The third kappa shape index (κ3) is 2.97. The summed E-state index contributed by atoms with van der Waals surface area (Å²) in [5.74, 6) is 0.219. The van der Waals surface area contributed by atoms with E-state index in [2.05, 4.69) is 13.5 Å². The van der Waals surface area contributed by atoms with Crippen LogP contribution in [0.4, 0.5) is 0 Å². The van der Waals surface area contributed by atoms with Crippen LogP contribution in [0.1, 0.15) is 71.6 Å². The van der Waals surface area contributed by atoms with Crippen molar-refractivity contribution in [3.05, 3.63) is 12.2 Å². The Balaban J connectivity index is 0.000000481. The van der Waals surface area contributed by atoms with Crippen molar-refractivity contribution >= 4 is 5.97 Å². The quantitative estimate of drug-likeness (QED) is 0.552. The van der Waals surface area contributed by atoms with E-state index in [9.17, 15) is 15.0 Å². The minimum absolute atomic E-state index is 0.107. The lowest BCUT2D eigenvalue weighted by Crippen LogP contribution is -2.59. The van der Waals surface area contributed by atoms with Crippen molar-refractivity contribution in [1.29, 1.82) is 0 Å². The van der Waals surface area contributed by atoms with E-state index >= 15 is 0 Å². The second kappa shape index (κ2) is 6.85. The summed E-state index contributed by atoms with van der Waals surface area (Å²) >= 11 is 0. The molecule has 4 fully saturated rings. The van der Waals surface area contributed by atoms with Gasteiger partial charge in [-0.1, -0.05) is 19.9 Å². The number of hydrogen-bond acceptors (Lipinski definition) is 4. The van der Waals surface area contributed by atoms with Crippen LogP contribution in [0.3, 0.4) is 0 Å². The number of hydrogen-bond donors (Lipinski definition) is 4. The molecule has 6 atom stereocenters. The maximum Gasteiger partial charge on any atom is 0.309 e. The van der Waals surface area contributed by atoms with Gasteiger partial charge in [-0.3, -0.25) is 4.79 Å². The summed E-state index contributed by atoms with van der Waals surface area (Å²) in [6.45, 7) is 8.30. The summed E-state index contributed by atoms with van der Waals surface area (Å²) in [5.41, 5.74) is 0.128. The number of rotatable bonds is 2. The molecule has 2 bridgehead atoms. The Hall–Kier alpha value is -0.910. The fourth-order valence-corrected chi connectivity index (χ4v) is 7.61. The minimum atomic E-state index is -0.634. The number of carbonyl (C=O) groups is 1. The van der Waals surface area contributed by atoms with Crippen LogP contribution in [-0.2, 0) is 4.79 Å². The van der Waals surface area contributed by atoms with Crippen LogP contribution in [0.2, 0.25) is 0 Å². The van der Waals surface area contributed by atoms with Crippen LogP contribution >= 0.6 is 0 Å². The van der Waals surface area contributed by atoms with E-state index in [4.69, 9.17) is 10.2 Å². The first-order valence-corrected chi connectivity index (χ1v) is 10.4. The number of aliphatic hydroxyl groups is 3. The number of carboxylic acid groups (broad SMARTS) is 1. The smallest absolute Gasteiger partial charge is 0.309 e. The number of fused-ring (bicyclic) bond motifs is 3. The molecule has 0 aromatic heterocycles. The summed E-state index contributed by atoms with van der Waals surface area (Å²) < 4.78 is 0. The molecule has 4 aliphatic rings. The first-order chi connectivity index (χ1) is 12.6. The highest BCUT2D eigenvalue weighted by Crippen LogP contribution is 2.72. The lowest BCUT2D eigenvalue weighted by Gasteiger charge is -2.63. The molecule has 1 spiro atoms. The van der Waals surface area contributed by atoms with Gasteiger partial charge < -0.3 is 20.4 Å². The van der Waals surface area contributed by atoms with Crippen molar-refractivity contribution in [3.63, 3.8) is 0 Å². The van der Waals surface area contributed by atoms with E-state index in [1.54, 1.807) is 0 Å². The fourth-order valence-electron chi connectivity index (χ4n) is 7.61. The first kappa shape index (κ1) is 20.8. The maximum atomic E-state index is 12.0. The van der Waals surface area contributed by atoms with E-state index in [-0.39, 0.29) is 30.0 Å². The Kier molecular flexibility index (Phi) is 5.28. The van der Waals surface area contributed by atoms with Gasteiger partial charge in [-0.25, -0.2) is 0 Å². The summed E-state index contributed by atoms with van der Waals surface area (Å²) in [6.07, 6.45) is 8.75. The molecule has 0 unspecified atom stereocenters. The lowest BCUT2D eigenvalue weighted by atomic mass is 9.41. The number of aliphatic hydroxyl groups excluding tert-OH is 2. The molecule has 0 saturated heterocycles. The molecule has 0 radical (unpaired) electrons. The normalized spacial score (nSPS) is 48.1. The van der Waals surface area contributed by atoms with Crippen molar-refractivity contribution in [1.82, 2.24) is 0 Å². The second-order valence-electron chi connectivity index (χ2n) is 10.1. The molecule has 0 amide bonds. The van der Waals surface area contributed by atoms with Crippen LogP contribution in [-0.4, -0.2) is 45.2 Å². The van der Waals surface area contributed by atoms with Crippen LogP contribution in [0.5, 0.6) is 0 Å². The van der Waals surface area contributed by atoms with Crippen molar-refractivity contribution < 1.29 is 25.2 Å². The van der Waals surface area contributed by atoms with E-state index in [0.29, 0.717) is 5.92 Å². The lowest BCUT2D eigenvalue weighted by molar-refractivity contribution is -0.186. The molecule has 5 heteroatoms. The number of aliphatic carboxylic acids is 1. The van der Waals surface area contributed by atoms with Gasteiger partial charge in [-0.2, -0.15) is 0 Å². The van der Waals surface area contributed by atoms with Crippen LogP contribution in [0, 0.1) is 28.1 Å². The van der Waals surface area contributed by atoms with Crippen molar-refractivity contribution in [2.45, 2.75) is 77.2 Å². The molecule has 4 saturated carbocycles. The monoisotopic (exact) mass is 380 g/mol. The van der Waals surface area contributed by atoms with Gasteiger partial charge >= 0.3 is 5.97 Å². The molecule has 0 aliphatic heterocycles. The molecule has 0 heterocycles. The zero-order valence-corrected chi connectivity index (χ0v) is 16.8. The van der Waals surface area contributed by atoms with Gasteiger partial charge in [0, 0.05) is 0 Å². The summed E-state index contributed by atoms with van der Waals surface area (Å²) in [5, 5.41) is 36.1. The zero-order chi connectivity index (χ0) is 20.1. The molecule has 27 heavy (non-hydrogen) atoms. The van der Waals surface area contributed by atoms with Gasteiger partial charge in [0.15, 0.2) is 0 Å². The highest BCUT2D eigenvalue weighted by atomic mass is 16.4. The Labute approximate surface area is 162 Å². The topological polar surface area (TPSA) is 98.0 Å².